The van der Waals surface area contributed by atoms with Crippen LogP contribution in [0.2, 0.25) is 5.02 Å². The number of fused-ring (bicyclic) bond motifs is 1. The van der Waals surface area contributed by atoms with E-state index < -0.39 is 0 Å². The molecular weight excluding hydrogens is 492 g/mol. The van der Waals surface area contributed by atoms with E-state index in [1.165, 1.54) is 44.1 Å². The van der Waals surface area contributed by atoms with Crippen LogP contribution < -0.4 is 14.8 Å². The Hall–Kier alpha value is -3.10. The zero-order valence-electron chi connectivity index (χ0n) is 20.4. The zero-order chi connectivity index (χ0) is 24.9. The quantitative estimate of drug-likeness (QED) is 0.236. The molecule has 0 amide bonds. The molecule has 0 radical (unpaired) electrons. The smallest absolute Gasteiger partial charge is 0.224 e. The van der Waals surface area contributed by atoms with Gasteiger partial charge in [-0.1, -0.05) is 49.9 Å². The fourth-order valence-corrected chi connectivity index (χ4v) is 5.37. The van der Waals surface area contributed by atoms with Crippen LogP contribution in [0.1, 0.15) is 44.6 Å². The van der Waals surface area contributed by atoms with E-state index in [2.05, 4.69) is 33.0 Å². The third-order valence-electron chi connectivity index (χ3n) is 6.38. The van der Waals surface area contributed by atoms with Gasteiger partial charge in [-0.25, -0.2) is 15.0 Å². The monoisotopic (exact) mass is 520 g/mol. The summed E-state index contributed by atoms with van der Waals surface area (Å²) in [5.41, 5.74) is 4.35. The first-order chi connectivity index (χ1) is 17.6. The van der Waals surface area contributed by atoms with E-state index in [0.29, 0.717) is 28.7 Å². The molecule has 36 heavy (non-hydrogen) atoms. The number of methoxy groups -OCH3 is 1. The highest BCUT2D eigenvalue weighted by atomic mass is 35.5. The van der Waals surface area contributed by atoms with Gasteiger partial charge in [0.1, 0.15) is 11.3 Å². The standard InChI is InChI=1S/C27H29ClN6OS/c1-3-17-15-21(31-22-16-29-27(33-25(17)22)30-18-9-5-4-6-10-18)19-13-14-24(32-26(19)35-2)34-36-23-12-8-7-11-20(23)28/h7-8,11-16,18H,3-6,9-10H2,1-2H3,(H,32,34)(H,29,30,33). The van der Waals surface area contributed by atoms with E-state index in [0.717, 1.165) is 39.2 Å². The zero-order valence-corrected chi connectivity index (χ0v) is 22.0. The number of hydrogen-bond acceptors (Lipinski definition) is 8. The number of hydrogen-bond donors (Lipinski definition) is 2. The van der Waals surface area contributed by atoms with Crippen LogP contribution in [0.25, 0.3) is 22.3 Å². The van der Waals surface area contributed by atoms with Crippen molar-refractivity contribution in [1.29, 1.82) is 0 Å². The van der Waals surface area contributed by atoms with Gasteiger partial charge < -0.3 is 14.8 Å². The number of anilines is 2. The van der Waals surface area contributed by atoms with Crippen LogP contribution in [0, 0.1) is 0 Å². The van der Waals surface area contributed by atoms with Crippen molar-refractivity contribution in [2.45, 2.75) is 56.4 Å². The van der Waals surface area contributed by atoms with Gasteiger partial charge in [-0.15, -0.1) is 0 Å². The average Bonchev–Trinajstić information content (AvgIpc) is 2.92. The van der Waals surface area contributed by atoms with Crippen molar-refractivity contribution in [2.75, 3.05) is 17.1 Å². The van der Waals surface area contributed by atoms with Gasteiger partial charge in [0.15, 0.2) is 0 Å². The first-order valence-corrected chi connectivity index (χ1v) is 13.5. The molecule has 0 bridgehead atoms. The lowest BCUT2D eigenvalue weighted by Crippen LogP contribution is -2.23. The van der Waals surface area contributed by atoms with Crippen LogP contribution in [-0.4, -0.2) is 33.1 Å². The number of nitrogens with zero attached hydrogens (tertiary/aromatic N) is 4. The lowest BCUT2D eigenvalue weighted by Gasteiger charge is -2.22. The molecule has 0 atom stereocenters. The topological polar surface area (TPSA) is 84.9 Å². The van der Waals surface area contributed by atoms with E-state index in [1.807, 2.05) is 42.6 Å². The summed E-state index contributed by atoms with van der Waals surface area (Å²) in [6.45, 7) is 2.13. The summed E-state index contributed by atoms with van der Waals surface area (Å²) in [5.74, 6) is 1.84. The average molecular weight is 521 g/mol. The molecule has 1 aromatic carbocycles. The molecule has 3 aromatic heterocycles. The largest absolute Gasteiger partial charge is 0.480 e. The minimum absolute atomic E-state index is 0.451. The highest BCUT2D eigenvalue weighted by Crippen LogP contribution is 2.33. The van der Waals surface area contributed by atoms with Gasteiger partial charge >= 0.3 is 0 Å². The number of pyridine rings is 2. The molecule has 0 saturated heterocycles. The molecule has 0 spiro atoms. The third kappa shape index (κ3) is 5.50. The molecule has 3 heterocycles. The van der Waals surface area contributed by atoms with Gasteiger partial charge in [0, 0.05) is 10.9 Å². The molecule has 2 N–H and O–H groups in total. The molecule has 1 aliphatic rings. The highest BCUT2D eigenvalue weighted by Gasteiger charge is 2.17. The molecule has 9 heteroatoms. The predicted octanol–water partition coefficient (Wildman–Crippen LogP) is 7.18. The van der Waals surface area contributed by atoms with Crippen molar-refractivity contribution in [3.8, 4) is 17.1 Å². The Kier molecular flexibility index (Phi) is 7.72. The number of aromatic nitrogens is 4. The van der Waals surface area contributed by atoms with Gasteiger partial charge in [0.2, 0.25) is 11.8 Å². The Balaban J connectivity index is 1.41. The second-order valence-electron chi connectivity index (χ2n) is 8.81. The molecule has 1 fully saturated rings. The molecule has 0 unspecified atom stereocenters. The predicted molar refractivity (Wildman–Crippen MR) is 148 cm³/mol. The second-order valence-corrected chi connectivity index (χ2v) is 10.1. The Bertz CT molecular complexity index is 1360. The maximum Gasteiger partial charge on any atom is 0.224 e. The Morgan fingerprint density at radius 2 is 1.89 bits per heavy atom. The van der Waals surface area contributed by atoms with E-state index in [4.69, 9.17) is 26.3 Å². The number of nitrogens with one attached hydrogen (secondary N) is 2. The summed E-state index contributed by atoms with van der Waals surface area (Å²) in [6.07, 6.45) is 8.83. The molecule has 4 aromatic rings. The summed E-state index contributed by atoms with van der Waals surface area (Å²) >= 11 is 7.67. The van der Waals surface area contributed by atoms with E-state index in [9.17, 15) is 0 Å². The lowest BCUT2D eigenvalue weighted by atomic mass is 9.96. The molecule has 5 rings (SSSR count). The molecule has 1 saturated carbocycles. The van der Waals surface area contributed by atoms with Crippen molar-refractivity contribution in [2.24, 2.45) is 0 Å². The minimum atomic E-state index is 0.451. The molecule has 7 nitrogen and oxygen atoms in total. The van der Waals surface area contributed by atoms with Crippen LogP contribution in [0.3, 0.4) is 0 Å². The van der Waals surface area contributed by atoms with Crippen LogP contribution in [0.15, 0.2) is 53.6 Å². The number of rotatable bonds is 8. The summed E-state index contributed by atoms with van der Waals surface area (Å²) < 4.78 is 8.88. The van der Waals surface area contributed by atoms with Gasteiger partial charge in [-0.2, -0.15) is 4.98 Å². The maximum absolute atomic E-state index is 6.26. The van der Waals surface area contributed by atoms with Crippen molar-refractivity contribution in [1.82, 2.24) is 19.9 Å². The van der Waals surface area contributed by atoms with Crippen LogP contribution in [-0.2, 0) is 6.42 Å². The Morgan fingerprint density at radius 3 is 2.67 bits per heavy atom. The molecule has 186 valence electrons. The Morgan fingerprint density at radius 1 is 1.06 bits per heavy atom. The summed E-state index contributed by atoms with van der Waals surface area (Å²) in [6, 6.07) is 14.1. The maximum atomic E-state index is 6.26. The summed E-state index contributed by atoms with van der Waals surface area (Å²) in [5, 5.41) is 4.21. The first kappa shape index (κ1) is 24.6. The van der Waals surface area contributed by atoms with Crippen molar-refractivity contribution < 1.29 is 4.74 Å². The van der Waals surface area contributed by atoms with Crippen LogP contribution in [0.5, 0.6) is 5.88 Å². The van der Waals surface area contributed by atoms with Crippen LogP contribution >= 0.6 is 23.5 Å². The number of ether oxygens (including phenoxy) is 1. The molecule has 1 aliphatic carbocycles. The Labute approximate surface area is 220 Å². The summed E-state index contributed by atoms with van der Waals surface area (Å²) in [7, 11) is 1.62. The van der Waals surface area contributed by atoms with Crippen LogP contribution in [0.4, 0.5) is 11.8 Å². The van der Waals surface area contributed by atoms with Gasteiger partial charge in [0.25, 0.3) is 0 Å². The summed E-state index contributed by atoms with van der Waals surface area (Å²) in [4.78, 5) is 19.8. The van der Waals surface area contributed by atoms with E-state index >= 15 is 0 Å². The molecular formula is C27H29ClN6OS. The fraction of sp³-hybridized carbons (Fsp3) is 0.333. The normalized spacial score (nSPS) is 14.1. The fourth-order valence-electron chi connectivity index (χ4n) is 4.48. The van der Waals surface area contributed by atoms with Crippen molar-refractivity contribution in [3.63, 3.8) is 0 Å². The van der Waals surface area contributed by atoms with Crippen molar-refractivity contribution >= 4 is 46.3 Å². The second kappa shape index (κ2) is 11.3. The van der Waals surface area contributed by atoms with Gasteiger partial charge in [-0.3, -0.25) is 0 Å². The molecule has 0 aliphatic heterocycles. The van der Waals surface area contributed by atoms with Crippen molar-refractivity contribution in [3.05, 3.63) is 59.2 Å². The van der Waals surface area contributed by atoms with Gasteiger partial charge in [0.05, 0.1) is 35.1 Å². The highest BCUT2D eigenvalue weighted by molar-refractivity contribution is 8.00. The first-order valence-electron chi connectivity index (χ1n) is 12.3. The third-order valence-corrected chi connectivity index (χ3v) is 7.71. The number of benzene rings is 1. The van der Waals surface area contributed by atoms with Gasteiger partial charge in [-0.05, 0) is 67.1 Å². The number of aryl methyl sites for hydroxylation is 1. The lowest BCUT2D eigenvalue weighted by molar-refractivity contribution is 0.400. The van der Waals surface area contributed by atoms with E-state index in [-0.39, 0.29) is 0 Å². The SMILES string of the molecule is CCc1cc(-c2ccc(NSc3ccccc3Cl)nc2OC)nc2cnc(NC3CCCCC3)nc12. The van der Waals surface area contributed by atoms with E-state index in [1.54, 1.807) is 7.11 Å². The minimum Gasteiger partial charge on any atom is -0.480 e. The number of halogens is 1.